The fourth-order valence-corrected chi connectivity index (χ4v) is 3.54. The molecule has 1 N–H and O–H groups in total. The highest BCUT2D eigenvalue weighted by molar-refractivity contribution is 9.10. The van der Waals surface area contributed by atoms with E-state index in [0.717, 1.165) is 10.0 Å². The molecule has 0 bridgehead atoms. The first kappa shape index (κ1) is 17.1. The molecular weight excluding hydrogens is 390 g/mol. The minimum Gasteiger partial charge on any atom is -0.279 e. The van der Waals surface area contributed by atoms with Gasteiger partial charge in [0, 0.05) is 4.47 Å². The third-order valence-electron chi connectivity index (χ3n) is 2.98. The monoisotopic (exact) mass is 401 g/mol. The Labute approximate surface area is 142 Å². The van der Waals surface area contributed by atoms with Gasteiger partial charge in [0.05, 0.1) is 10.9 Å². The minimum atomic E-state index is -3.82. The van der Waals surface area contributed by atoms with Crippen LogP contribution in [-0.2, 0) is 21.2 Å². The molecule has 0 aliphatic heterocycles. The van der Waals surface area contributed by atoms with Crippen molar-refractivity contribution in [1.29, 1.82) is 0 Å². The largest absolute Gasteiger partial charge is 0.279 e. The van der Waals surface area contributed by atoms with E-state index in [-0.39, 0.29) is 11.3 Å². The molecule has 0 heterocycles. The SMILES string of the molecule is O=C(Cl)[C@H](Cc1ccccc1)NS(=O)(=O)c1ccc(Br)cc1. The first-order valence-corrected chi connectivity index (χ1v) is 9.05. The first-order valence-electron chi connectivity index (χ1n) is 6.39. The predicted molar refractivity (Wildman–Crippen MR) is 89.3 cm³/mol. The third-order valence-corrected chi connectivity index (χ3v) is 5.26. The van der Waals surface area contributed by atoms with Crippen LogP contribution in [0.5, 0.6) is 0 Å². The van der Waals surface area contributed by atoms with Gasteiger partial charge < -0.3 is 0 Å². The molecule has 0 spiro atoms. The number of hydrogen-bond donors (Lipinski definition) is 1. The van der Waals surface area contributed by atoms with E-state index in [9.17, 15) is 13.2 Å². The average Bonchev–Trinajstić information content (AvgIpc) is 2.48. The van der Waals surface area contributed by atoms with E-state index in [0.29, 0.717) is 0 Å². The zero-order chi connectivity index (χ0) is 16.2. The maximum absolute atomic E-state index is 12.3. The summed E-state index contributed by atoms with van der Waals surface area (Å²) in [5, 5.41) is -0.746. The predicted octanol–water partition coefficient (Wildman–Crippen LogP) is 3.10. The minimum absolute atomic E-state index is 0.0756. The topological polar surface area (TPSA) is 63.2 Å². The Morgan fingerprint density at radius 3 is 2.23 bits per heavy atom. The summed E-state index contributed by atoms with van der Waals surface area (Å²) in [6.07, 6.45) is 0.193. The van der Waals surface area contributed by atoms with Crippen molar-refractivity contribution in [3.05, 3.63) is 64.6 Å². The van der Waals surface area contributed by atoms with E-state index in [2.05, 4.69) is 20.7 Å². The molecule has 4 nitrogen and oxygen atoms in total. The maximum atomic E-state index is 12.3. The summed E-state index contributed by atoms with van der Waals surface area (Å²) in [7, 11) is -3.82. The Morgan fingerprint density at radius 2 is 1.68 bits per heavy atom. The number of carbonyl (C=O) groups is 1. The molecule has 22 heavy (non-hydrogen) atoms. The van der Waals surface area contributed by atoms with E-state index in [1.54, 1.807) is 24.3 Å². The Kier molecular flexibility index (Phi) is 5.74. The van der Waals surface area contributed by atoms with Gasteiger partial charge in [0.1, 0.15) is 0 Å². The van der Waals surface area contributed by atoms with Crippen molar-refractivity contribution >= 4 is 42.8 Å². The summed E-state index contributed by atoms with van der Waals surface area (Å²) in [4.78, 5) is 11.6. The van der Waals surface area contributed by atoms with Crippen LogP contribution >= 0.6 is 27.5 Å². The van der Waals surface area contributed by atoms with E-state index in [1.807, 2.05) is 18.2 Å². The zero-order valence-corrected chi connectivity index (χ0v) is 14.5. The molecule has 2 aromatic carbocycles. The molecule has 0 saturated carbocycles. The van der Waals surface area contributed by atoms with Gasteiger partial charge in [-0.1, -0.05) is 46.3 Å². The lowest BCUT2D eigenvalue weighted by Crippen LogP contribution is -2.40. The van der Waals surface area contributed by atoms with Crippen molar-refractivity contribution in [3.63, 3.8) is 0 Å². The van der Waals surface area contributed by atoms with E-state index < -0.39 is 21.3 Å². The van der Waals surface area contributed by atoms with Gasteiger partial charge in [-0.25, -0.2) is 8.42 Å². The van der Waals surface area contributed by atoms with Crippen LogP contribution in [0.1, 0.15) is 5.56 Å². The van der Waals surface area contributed by atoms with Gasteiger partial charge in [0.15, 0.2) is 0 Å². The molecule has 0 saturated heterocycles. The number of hydrogen-bond acceptors (Lipinski definition) is 3. The van der Waals surface area contributed by atoms with Gasteiger partial charge in [0.25, 0.3) is 0 Å². The maximum Gasteiger partial charge on any atom is 0.241 e. The molecule has 2 aromatic rings. The molecule has 2 rings (SSSR count). The molecular formula is C15H13BrClNO3S. The van der Waals surface area contributed by atoms with Crippen LogP contribution in [0.4, 0.5) is 0 Å². The summed E-state index contributed by atoms with van der Waals surface area (Å²) in [5.41, 5.74) is 0.819. The van der Waals surface area contributed by atoms with E-state index >= 15 is 0 Å². The molecule has 116 valence electrons. The van der Waals surface area contributed by atoms with Crippen molar-refractivity contribution in [3.8, 4) is 0 Å². The fourth-order valence-electron chi connectivity index (χ4n) is 1.89. The van der Waals surface area contributed by atoms with Crippen LogP contribution in [0.3, 0.4) is 0 Å². The second-order valence-electron chi connectivity index (χ2n) is 4.62. The van der Waals surface area contributed by atoms with Crippen molar-refractivity contribution < 1.29 is 13.2 Å². The molecule has 0 amide bonds. The Morgan fingerprint density at radius 1 is 1.09 bits per heavy atom. The summed E-state index contributed by atoms with van der Waals surface area (Å²) >= 11 is 8.78. The van der Waals surface area contributed by atoms with Crippen molar-refractivity contribution in [1.82, 2.24) is 4.72 Å². The number of sulfonamides is 1. The molecule has 7 heteroatoms. The second-order valence-corrected chi connectivity index (χ2v) is 7.62. The fraction of sp³-hybridized carbons (Fsp3) is 0.133. The van der Waals surface area contributed by atoms with Crippen LogP contribution in [0.15, 0.2) is 64.0 Å². The van der Waals surface area contributed by atoms with Gasteiger partial charge in [-0.05, 0) is 47.9 Å². The lowest BCUT2D eigenvalue weighted by molar-refractivity contribution is -0.113. The number of halogens is 2. The van der Waals surface area contributed by atoms with Crippen molar-refractivity contribution in [2.75, 3.05) is 0 Å². The number of benzene rings is 2. The number of nitrogens with one attached hydrogen (secondary N) is 1. The van der Waals surface area contributed by atoms with Gasteiger partial charge in [0.2, 0.25) is 15.3 Å². The van der Waals surface area contributed by atoms with Crippen LogP contribution in [0.2, 0.25) is 0 Å². The summed E-state index contributed by atoms with van der Waals surface area (Å²) in [5.74, 6) is 0. The zero-order valence-electron chi connectivity index (χ0n) is 11.4. The highest BCUT2D eigenvalue weighted by Gasteiger charge is 2.24. The highest BCUT2D eigenvalue weighted by atomic mass is 79.9. The lowest BCUT2D eigenvalue weighted by Gasteiger charge is -2.15. The molecule has 0 aliphatic carbocycles. The third kappa shape index (κ3) is 4.64. The van der Waals surface area contributed by atoms with Crippen LogP contribution in [0, 0.1) is 0 Å². The average molecular weight is 403 g/mol. The van der Waals surface area contributed by atoms with Gasteiger partial charge in [-0.15, -0.1) is 0 Å². The standard InChI is InChI=1S/C15H13BrClNO3S/c16-12-6-8-13(9-7-12)22(20,21)18-14(15(17)19)10-11-4-2-1-3-5-11/h1-9,14,18H,10H2/t14-/m0/s1. The molecule has 0 fully saturated rings. The van der Waals surface area contributed by atoms with Crippen molar-refractivity contribution in [2.24, 2.45) is 0 Å². The Bertz CT molecular complexity index is 748. The van der Waals surface area contributed by atoms with Crippen LogP contribution < -0.4 is 4.72 Å². The van der Waals surface area contributed by atoms with Crippen LogP contribution in [0.25, 0.3) is 0 Å². The summed E-state index contributed by atoms with van der Waals surface area (Å²) in [6.45, 7) is 0. The Balaban J connectivity index is 2.20. The van der Waals surface area contributed by atoms with Gasteiger partial charge in [-0.2, -0.15) is 4.72 Å². The lowest BCUT2D eigenvalue weighted by atomic mass is 10.1. The molecule has 0 aromatic heterocycles. The molecule has 0 unspecified atom stereocenters. The summed E-state index contributed by atoms with van der Waals surface area (Å²) < 4.78 is 27.7. The van der Waals surface area contributed by atoms with E-state index in [4.69, 9.17) is 11.6 Å². The summed E-state index contributed by atoms with van der Waals surface area (Å²) in [6, 6.07) is 14.2. The number of rotatable bonds is 6. The first-order chi connectivity index (χ1) is 10.4. The highest BCUT2D eigenvalue weighted by Crippen LogP contribution is 2.16. The molecule has 0 aliphatic rings. The normalized spacial score (nSPS) is 12.8. The van der Waals surface area contributed by atoms with Gasteiger partial charge >= 0.3 is 0 Å². The van der Waals surface area contributed by atoms with E-state index in [1.165, 1.54) is 12.1 Å². The quantitative estimate of drug-likeness (QED) is 0.755. The number of carbonyl (C=O) groups excluding carboxylic acids is 1. The smallest absolute Gasteiger partial charge is 0.241 e. The van der Waals surface area contributed by atoms with Crippen molar-refractivity contribution in [2.45, 2.75) is 17.4 Å². The van der Waals surface area contributed by atoms with Gasteiger partial charge in [-0.3, -0.25) is 4.79 Å². The van der Waals surface area contributed by atoms with Crippen LogP contribution in [-0.4, -0.2) is 19.7 Å². The second kappa shape index (κ2) is 7.37. The molecule has 1 atom stereocenters. The molecule has 0 radical (unpaired) electrons. The Hall–Kier alpha value is -1.21.